The van der Waals surface area contributed by atoms with Crippen molar-refractivity contribution in [1.82, 2.24) is 5.32 Å². The van der Waals surface area contributed by atoms with Crippen molar-refractivity contribution >= 4 is 9.84 Å². The zero-order chi connectivity index (χ0) is 13.6. The van der Waals surface area contributed by atoms with Crippen molar-refractivity contribution in [3.63, 3.8) is 0 Å². The van der Waals surface area contributed by atoms with E-state index in [-0.39, 0.29) is 16.5 Å². The van der Waals surface area contributed by atoms with Crippen LogP contribution in [0.4, 0.5) is 0 Å². The molecule has 1 heterocycles. The molecule has 0 saturated carbocycles. The zero-order valence-electron chi connectivity index (χ0n) is 11.8. The van der Waals surface area contributed by atoms with E-state index in [9.17, 15) is 8.42 Å². The summed E-state index contributed by atoms with van der Waals surface area (Å²) in [5.41, 5.74) is 0. The van der Waals surface area contributed by atoms with E-state index in [1.54, 1.807) is 0 Å². The Hall–Kier alpha value is -0.130. The number of hydrogen-bond acceptors (Lipinski definition) is 4. The fourth-order valence-electron chi connectivity index (χ4n) is 2.44. The van der Waals surface area contributed by atoms with Crippen LogP contribution in [0.3, 0.4) is 0 Å². The highest BCUT2D eigenvalue weighted by Crippen LogP contribution is 2.22. The van der Waals surface area contributed by atoms with Crippen molar-refractivity contribution in [3.8, 4) is 0 Å². The van der Waals surface area contributed by atoms with Crippen LogP contribution >= 0.6 is 0 Å². The van der Waals surface area contributed by atoms with Crippen LogP contribution in [0.5, 0.6) is 0 Å². The number of ether oxygens (including phenoxy) is 1. The highest BCUT2D eigenvalue weighted by atomic mass is 32.2. The summed E-state index contributed by atoms with van der Waals surface area (Å²) in [7, 11) is -3.00. The molecule has 0 radical (unpaired) electrons. The van der Waals surface area contributed by atoms with E-state index in [2.05, 4.69) is 19.2 Å². The Bertz CT molecular complexity index is 323. The van der Waals surface area contributed by atoms with Crippen LogP contribution in [0.1, 0.15) is 46.5 Å². The Morgan fingerprint density at radius 1 is 1.28 bits per heavy atom. The van der Waals surface area contributed by atoms with Crippen LogP contribution in [0.15, 0.2) is 0 Å². The van der Waals surface area contributed by atoms with Gasteiger partial charge in [0.2, 0.25) is 0 Å². The van der Waals surface area contributed by atoms with Gasteiger partial charge < -0.3 is 10.1 Å². The maximum absolute atomic E-state index is 12.4. The molecule has 0 aromatic heterocycles. The molecule has 1 saturated heterocycles. The highest BCUT2D eigenvalue weighted by molar-refractivity contribution is 7.92. The lowest BCUT2D eigenvalue weighted by Crippen LogP contribution is -2.38. The molecule has 18 heavy (non-hydrogen) atoms. The van der Waals surface area contributed by atoms with Gasteiger partial charge in [-0.05, 0) is 46.1 Å². The monoisotopic (exact) mass is 277 g/mol. The lowest BCUT2D eigenvalue weighted by Gasteiger charge is -2.27. The highest BCUT2D eigenvalue weighted by Gasteiger charge is 2.33. The maximum Gasteiger partial charge on any atom is 0.155 e. The number of rotatable bonds is 7. The lowest BCUT2D eigenvalue weighted by atomic mass is 10.2. The normalized spacial score (nSPS) is 21.7. The van der Waals surface area contributed by atoms with E-state index in [0.29, 0.717) is 32.5 Å². The second-order valence-corrected chi connectivity index (χ2v) is 7.95. The van der Waals surface area contributed by atoms with Gasteiger partial charge in [-0.3, -0.25) is 0 Å². The molecule has 1 fully saturated rings. The molecule has 1 N–H and O–H groups in total. The van der Waals surface area contributed by atoms with E-state index in [1.807, 2.05) is 6.92 Å². The van der Waals surface area contributed by atoms with Crippen LogP contribution in [0.25, 0.3) is 0 Å². The molecule has 0 aromatic rings. The molecular formula is C13H27NO3S. The quantitative estimate of drug-likeness (QED) is 0.770. The van der Waals surface area contributed by atoms with Crippen molar-refractivity contribution in [2.45, 2.75) is 63.0 Å². The number of hydrogen-bond donors (Lipinski definition) is 1. The third-order valence-electron chi connectivity index (χ3n) is 3.62. The van der Waals surface area contributed by atoms with Gasteiger partial charge in [-0.2, -0.15) is 0 Å². The van der Waals surface area contributed by atoms with Gasteiger partial charge in [0, 0.05) is 19.3 Å². The summed E-state index contributed by atoms with van der Waals surface area (Å²) >= 11 is 0. The second-order valence-electron chi connectivity index (χ2n) is 5.30. The molecule has 0 bridgehead atoms. The first-order chi connectivity index (χ1) is 8.48. The average molecular weight is 277 g/mol. The van der Waals surface area contributed by atoms with E-state index >= 15 is 0 Å². The van der Waals surface area contributed by atoms with Gasteiger partial charge in [0.05, 0.1) is 10.5 Å². The molecule has 4 nitrogen and oxygen atoms in total. The fourth-order valence-corrected chi connectivity index (χ4v) is 4.50. The molecule has 0 spiro atoms. The van der Waals surface area contributed by atoms with Crippen molar-refractivity contribution < 1.29 is 13.2 Å². The van der Waals surface area contributed by atoms with E-state index < -0.39 is 9.84 Å². The van der Waals surface area contributed by atoms with Gasteiger partial charge in [-0.15, -0.1) is 0 Å². The minimum atomic E-state index is -3.00. The summed E-state index contributed by atoms with van der Waals surface area (Å²) < 4.78 is 30.1. The first-order valence-corrected chi connectivity index (χ1v) is 8.63. The molecule has 2 atom stereocenters. The van der Waals surface area contributed by atoms with Crippen molar-refractivity contribution in [3.05, 3.63) is 0 Å². The summed E-state index contributed by atoms with van der Waals surface area (Å²) in [4.78, 5) is 0. The van der Waals surface area contributed by atoms with Gasteiger partial charge in [0.15, 0.2) is 9.84 Å². The first-order valence-electron chi connectivity index (χ1n) is 7.02. The SMILES string of the molecule is CCCNC(C)CC(C)S(=O)(=O)C1CCOCC1. The number of sulfone groups is 1. The fraction of sp³-hybridized carbons (Fsp3) is 1.00. The Morgan fingerprint density at radius 3 is 2.44 bits per heavy atom. The van der Waals surface area contributed by atoms with Gasteiger partial charge in [0.25, 0.3) is 0 Å². The summed E-state index contributed by atoms with van der Waals surface area (Å²) in [5, 5.41) is 2.89. The third kappa shape index (κ3) is 4.52. The minimum Gasteiger partial charge on any atom is -0.381 e. The minimum absolute atomic E-state index is 0.195. The topological polar surface area (TPSA) is 55.4 Å². The average Bonchev–Trinajstić information content (AvgIpc) is 2.37. The standard InChI is InChI=1S/C13H27NO3S/c1-4-7-14-11(2)10-12(3)18(15,16)13-5-8-17-9-6-13/h11-14H,4-10H2,1-3H3. The molecule has 108 valence electrons. The lowest BCUT2D eigenvalue weighted by molar-refractivity contribution is 0.0982. The van der Waals surface area contributed by atoms with E-state index in [0.717, 1.165) is 13.0 Å². The predicted octanol–water partition coefficient (Wildman–Crippen LogP) is 1.75. The predicted molar refractivity (Wildman–Crippen MR) is 74.6 cm³/mol. The molecule has 1 aliphatic heterocycles. The van der Waals surface area contributed by atoms with Crippen LogP contribution < -0.4 is 5.32 Å². The molecule has 0 amide bonds. The van der Waals surface area contributed by atoms with Crippen LogP contribution in [0.2, 0.25) is 0 Å². The van der Waals surface area contributed by atoms with Gasteiger partial charge in [0.1, 0.15) is 0 Å². The molecule has 1 rings (SSSR count). The van der Waals surface area contributed by atoms with Gasteiger partial charge in [-0.1, -0.05) is 6.92 Å². The van der Waals surface area contributed by atoms with Crippen molar-refractivity contribution in [2.24, 2.45) is 0 Å². The Labute approximate surface area is 111 Å². The third-order valence-corrected chi connectivity index (χ3v) is 6.34. The van der Waals surface area contributed by atoms with E-state index in [4.69, 9.17) is 4.74 Å². The van der Waals surface area contributed by atoms with Crippen LogP contribution in [-0.4, -0.2) is 44.7 Å². The summed E-state index contributed by atoms with van der Waals surface area (Å²) in [6, 6.07) is 0.259. The van der Waals surface area contributed by atoms with Crippen molar-refractivity contribution in [2.75, 3.05) is 19.8 Å². The van der Waals surface area contributed by atoms with Gasteiger partial charge >= 0.3 is 0 Å². The Balaban J connectivity index is 2.50. The largest absolute Gasteiger partial charge is 0.381 e. The van der Waals surface area contributed by atoms with Crippen LogP contribution in [-0.2, 0) is 14.6 Å². The summed E-state index contributed by atoms with van der Waals surface area (Å²) in [6.07, 6.45) is 3.08. The van der Waals surface area contributed by atoms with E-state index in [1.165, 1.54) is 0 Å². The van der Waals surface area contributed by atoms with Crippen molar-refractivity contribution in [1.29, 1.82) is 0 Å². The van der Waals surface area contributed by atoms with Gasteiger partial charge in [-0.25, -0.2) is 8.42 Å². The second kappa shape index (κ2) is 7.46. The molecule has 2 unspecified atom stereocenters. The van der Waals surface area contributed by atoms with Crippen LogP contribution in [0, 0.1) is 0 Å². The molecule has 0 aliphatic carbocycles. The molecule has 0 aromatic carbocycles. The molecule has 1 aliphatic rings. The smallest absolute Gasteiger partial charge is 0.155 e. The maximum atomic E-state index is 12.4. The number of nitrogens with one attached hydrogen (secondary N) is 1. The molecular weight excluding hydrogens is 250 g/mol. The summed E-state index contributed by atoms with van der Waals surface area (Å²) in [6.45, 7) is 8.13. The summed E-state index contributed by atoms with van der Waals surface area (Å²) in [5.74, 6) is 0. The Morgan fingerprint density at radius 2 is 1.89 bits per heavy atom. The molecule has 5 heteroatoms. The first kappa shape index (κ1) is 15.9. The zero-order valence-corrected chi connectivity index (χ0v) is 12.6. The Kier molecular flexibility index (Phi) is 6.60.